The van der Waals surface area contributed by atoms with Gasteiger partial charge in [0.25, 0.3) is 10.0 Å². The van der Waals surface area contributed by atoms with Crippen molar-refractivity contribution in [1.82, 2.24) is 5.32 Å². The molecule has 5 heteroatoms. The molecule has 110 valence electrons. The monoisotopic (exact) mass is 302 g/mol. The van der Waals surface area contributed by atoms with E-state index < -0.39 is 10.0 Å². The second kappa shape index (κ2) is 5.16. The second-order valence-corrected chi connectivity index (χ2v) is 7.20. The summed E-state index contributed by atoms with van der Waals surface area (Å²) < 4.78 is 27.6. The third-order valence-electron chi connectivity index (χ3n) is 3.59. The molecule has 3 rings (SSSR count). The van der Waals surface area contributed by atoms with Crippen LogP contribution in [0.1, 0.15) is 22.3 Å². The molecule has 2 aromatic rings. The van der Waals surface area contributed by atoms with Crippen molar-refractivity contribution in [2.45, 2.75) is 31.8 Å². The Bertz CT molecular complexity index is 778. The van der Waals surface area contributed by atoms with Crippen molar-refractivity contribution in [1.29, 1.82) is 0 Å². The Morgan fingerprint density at radius 3 is 2.33 bits per heavy atom. The largest absolute Gasteiger partial charge is 0.309 e. The number of hydrogen-bond acceptors (Lipinski definition) is 3. The van der Waals surface area contributed by atoms with Crippen LogP contribution in [0.15, 0.2) is 41.3 Å². The van der Waals surface area contributed by atoms with E-state index in [1.165, 1.54) is 5.56 Å². The van der Waals surface area contributed by atoms with Gasteiger partial charge in [0.2, 0.25) is 0 Å². The van der Waals surface area contributed by atoms with E-state index in [9.17, 15) is 8.42 Å². The van der Waals surface area contributed by atoms with Crippen LogP contribution in [0.2, 0.25) is 0 Å². The minimum absolute atomic E-state index is 0.309. The summed E-state index contributed by atoms with van der Waals surface area (Å²) in [6.45, 7) is 5.43. The van der Waals surface area contributed by atoms with Crippen LogP contribution in [-0.2, 0) is 23.1 Å². The summed E-state index contributed by atoms with van der Waals surface area (Å²) >= 11 is 0. The summed E-state index contributed by atoms with van der Waals surface area (Å²) in [6.07, 6.45) is 0. The van der Waals surface area contributed by atoms with Crippen LogP contribution in [0.3, 0.4) is 0 Å². The van der Waals surface area contributed by atoms with Crippen LogP contribution in [0, 0.1) is 13.8 Å². The van der Waals surface area contributed by atoms with Crippen LogP contribution >= 0.6 is 0 Å². The molecule has 1 aliphatic heterocycles. The molecule has 0 bridgehead atoms. The number of rotatable bonds is 3. The van der Waals surface area contributed by atoms with Gasteiger partial charge < -0.3 is 5.32 Å². The summed E-state index contributed by atoms with van der Waals surface area (Å²) in [6, 6.07) is 11.0. The van der Waals surface area contributed by atoms with Crippen LogP contribution in [-0.4, -0.2) is 8.42 Å². The Morgan fingerprint density at radius 2 is 1.62 bits per heavy atom. The van der Waals surface area contributed by atoms with E-state index >= 15 is 0 Å². The van der Waals surface area contributed by atoms with Crippen molar-refractivity contribution in [3.8, 4) is 0 Å². The molecule has 1 aliphatic rings. The highest BCUT2D eigenvalue weighted by molar-refractivity contribution is 7.92. The molecule has 0 spiro atoms. The fourth-order valence-electron chi connectivity index (χ4n) is 2.69. The minimum atomic E-state index is -3.55. The molecule has 0 unspecified atom stereocenters. The molecule has 2 N–H and O–H groups in total. The molecule has 1 heterocycles. The molecule has 0 amide bonds. The summed E-state index contributed by atoms with van der Waals surface area (Å²) in [4.78, 5) is 0.309. The van der Waals surface area contributed by atoms with Gasteiger partial charge in [0.1, 0.15) is 0 Å². The molecule has 0 radical (unpaired) electrons. The van der Waals surface area contributed by atoms with Gasteiger partial charge in [-0.15, -0.1) is 0 Å². The molecule has 0 aliphatic carbocycles. The van der Waals surface area contributed by atoms with Crippen LogP contribution in [0.5, 0.6) is 0 Å². The number of sulfonamides is 1. The normalized spacial score (nSPS) is 14.0. The maximum absolute atomic E-state index is 12.5. The van der Waals surface area contributed by atoms with Gasteiger partial charge in [-0.25, -0.2) is 8.42 Å². The predicted molar refractivity (Wildman–Crippen MR) is 83.7 cm³/mol. The van der Waals surface area contributed by atoms with E-state index in [1.807, 2.05) is 38.1 Å². The minimum Gasteiger partial charge on any atom is -0.309 e. The van der Waals surface area contributed by atoms with Crippen molar-refractivity contribution in [2.75, 3.05) is 4.72 Å². The lowest BCUT2D eigenvalue weighted by molar-refractivity contribution is 0.601. The first-order chi connectivity index (χ1) is 9.94. The van der Waals surface area contributed by atoms with Gasteiger partial charge in [0, 0.05) is 18.8 Å². The Morgan fingerprint density at radius 1 is 0.952 bits per heavy atom. The molecule has 0 saturated carbocycles. The average Bonchev–Trinajstić information content (AvgIpc) is 2.83. The highest BCUT2D eigenvalue weighted by Gasteiger charge is 2.18. The molecular weight excluding hydrogens is 284 g/mol. The standard InChI is InChI=1S/C16H18N2O2S/c1-11-5-12(2)7-15(6-11)18-21(19,20)16-4-3-13-9-17-10-14(13)8-16/h3-8,17-18H,9-10H2,1-2H3. The zero-order chi connectivity index (χ0) is 15.0. The van der Waals surface area contributed by atoms with Gasteiger partial charge in [-0.05, 0) is 60.4 Å². The number of anilines is 1. The number of fused-ring (bicyclic) bond motifs is 1. The number of nitrogens with one attached hydrogen (secondary N) is 2. The van der Waals surface area contributed by atoms with Crippen molar-refractivity contribution >= 4 is 15.7 Å². The Balaban J connectivity index is 1.93. The summed E-state index contributed by atoms with van der Waals surface area (Å²) in [5.41, 5.74) is 4.89. The first-order valence-corrected chi connectivity index (χ1v) is 8.36. The molecule has 4 nitrogen and oxygen atoms in total. The smallest absolute Gasteiger partial charge is 0.261 e. The lowest BCUT2D eigenvalue weighted by Crippen LogP contribution is -2.13. The van der Waals surface area contributed by atoms with E-state index in [-0.39, 0.29) is 0 Å². The van der Waals surface area contributed by atoms with Crippen LogP contribution < -0.4 is 10.0 Å². The number of hydrogen-bond donors (Lipinski definition) is 2. The molecule has 21 heavy (non-hydrogen) atoms. The molecular formula is C16H18N2O2S. The first kappa shape index (κ1) is 14.1. The number of aryl methyl sites for hydroxylation is 2. The topological polar surface area (TPSA) is 58.2 Å². The van der Waals surface area contributed by atoms with Gasteiger partial charge in [-0.2, -0.15) is 0 Å². The molecule has 0 saturated heterocycles. The summed E-state index contributed by atoms with van der Waals surface area (Å²) in [7, 11) is -3.55. The van der Waals surface area contributed by atoms with Crippen LogP contribution in [0.25, 0.3) is 0 Å². The third kappa shape index (κ3) is 2.94. The van der Waals surface area contributed by atoms with Gasteiger partial charge in [-0.3, -0.25) is 4.72 Å². The van der Waals surface area contributed by atoms with Gasteiger partial charge in [0.05, 0.1) is 4.90 Å². The zero-order valence-corrected chi connectivity index (χ0v) is 12.9. The van der Waals surface area contributed by atoms with Crippen molar-refractivity contribution in [3.63, 3.8) is 0 Å². The van der Waals surface area contributed by atoms with Crippen molar-refractivity contribution in [3.05, 3.63) is 58.7 Å². The van der Waals surface area contributed by atoms with E-state index in [2.05, 4.69) is 10.0 Å². The lowest BCUT2D eigenvalue weighted by atomic mass is 10.1. The van der Waals surface area contributed by atoms with E-state index in [1.54, 1.807) is 12.1 Å². The molecule has 0 aromatic heterocycles. The van der Waals surface area contributed by atoms with E-state index in [0.29, 0.717) is 10.6 Å². The average molecular weight is 302 g/mol. The predicted octanol–water partition coefficient (Wildman–Crippen LogP) is 2.71. The Kier molecular flexibility index (Phi) is 3.47. The van der Waals surface area contributed by atoms with Gasteiger partial charge in [-0.1, -0.05) is 12.1 Å². The van der Waals surface area contributed by atoms with Gasteiger partial charge >= 0.3 is 0 Å². The number of benzene rings is 2. The maximum atomic E-state index is 12.5. The Hall–Kier alpha value is -1.85. The lowest BCUT2D eigenvalue weighted by Gasteiger charge is -2.11. The fraction of sp³-hybridized carbons (Fsp3) is 0.250. The quantitative estimate of drug-likeness (QED) is 0.916. The summed E-state index contributed by atoms with van der Waals surface area (Å²) in [5, 5.41) is 3.22. The van der Waals surface area contributed by atoms with E-state index in [4.69, 9.17) is 0 Å². The Labute approximate surface area is 125 Å². The zero-order valence-electron chi connectivity index (χ0n) is 12.1. The van der Waals surface area contributed by atoms with Crippen LogP contribution in [0.4, 0.5) is 5.69 Å². The van der Waals surface area contributed by atoms with Crippen molar-refractivity contribution < 1.29 is 8.42 Å². The highest BCUT2D eigenvalue weighted by atomic mass is 32.2. The molecule has 2 aromatic carbocycles. The third-order valence-corrected chi connectivity index (χ3v) is 4.97. The van der Waals surface area contributed by atoms with E-state index in [0.717, 1.165) is 29.8 Å². The fourth-order valence-corrected chi connectivity index (χ4v) is 3.78. The first-order valence-electron chi connectivity index (χ1n) is 6.88. The molecule has 0 atom stereocenters. The summed E-state index contributed by atoms with van der Waals surface area (Å²) in [5.74, 6) is 0. The maximum Gasteiger partial charge on any atom is 0.261 e. The van der Waals surface area contributed by atoms with Crippen molar-refractivity contribution in [2.24, 2.45) is 0 Å². The molecule has 0 fully saturated rings. The second-order valence-electron chi connectivity index (χ2n) is 5.52. The highest BCUT2D eigenvalue weighted by Crippen LogP contribution is 2.23. The van der Waals surface area contributed by atoms with Gasteiger partial charge in [0.15, 0.2) is 0 Å². The SMILES string of the molecule is Cc1cc(C)cc(NS(=O)(=O)c2ccc3c(c2)CNC3)c1.